The van der Waals surface area contributed by atoms with Crippen LogP contribution in [0.15, 0.2) is 30.6 Å². The lowest BCUT2D eigenvalue weighted by Crippen LogP contribution is -2.35. The third-order valence-corrected chi connectivity index (χ3v) is 5.83. The number of rotatable bonds is 4. The van der Waals surface area contributed by atoms with Gasteiger partial charge in [0.2, 0.25) is 0 Å². The van der Waals surface area contributed by atoms with Crippen molar-refractivity contribution in [3.8, 4) is 17.1 Å². The number of hydrogen-bond acceptors (Lipinski definition) is 5. The summed E-state index contributed by atoms with van der Waals surface area (Å²) in [5.41, 5.74) is 3.84. The minimum atomic E-state index is 0.00533. The summed E-state index contributed by atoms with van der Waals surface area (Å²) in [5, 5.41) is 12.2. The minimum absolute atomic E-state index is 0.00533. The molecule has 1 unspecified atom stereocenters. The normalized spacial score (nSPS) is 24.1. The Morgan fingerprint density at radius 2 is 2.07 bits per heavy atom. The number of aromatic nitrogens is 4. The largest absolute Gasteiger partial charge is 0.488 e. The number of fused-ring (bicyclic) bond motifs is 1. The van der Waals surface area contributed by atoms with Crippen molar-refractivity contribution < 1.29 is 4.74 Å². The second-order valence-corrected chi connectivity index (χ2v) is 8.24. The van der Waals surface area contributed by atoms with E-state index in [0.717, 1.165) is 66.0 Å². The van der Waals surface area contributed by atoms with Gasteiger partial charge in [-0.05, 0) is 70.3 Å². The molecule has 140 valence electrons. The summed E-state index contributed by atoms with van der Waals surface area (Å²) in [7, 11) is 0. The standard InChI is InChI=1S/C21H25N5O/c1-13-9-14(5-8-22-13)18-11-19(24-12-23-18)20-16-10-15(27-21(2)6-7-21)3-4-17(16)25-26-20/h3-4,10-14,22H,5-9H2,1-2H3,(H,25,26)/t13-,14?/m0/s1. The lowest BCUT2D eigenvalue weighted by atomic mass is 9.90. The highest BCUT2D eigenvalue weighted by molar-refractivity contribution is 5.92. The number of ether oxygens (including phenoxy) is 1. The second-order valence-electron chi connectivity index (χ2n) is 8.24. The van der Waals surface area contributed by atoms with Crippen LogP contribution in [0.5, 0.6) is 5.75 Å². The Bertz CT molecular complexity index is 978. The zero-order chi connectivity index (χ0) is 18.4. The highest BCUT2D eigenvalue weighted by Crippen LogP contribution is 2.40. The Morgan fingerprint density at radius 1 is 1.19 bits per heavy atom. The van der Waals surface area contributed by atoms with Gasteiger partial charge < -0.3 is 10.1 Å². The molecule has 1 saturated heterocycles. The zero-order valence-corrected chi connectivity index (χ0v) is 15.8. The fourth-order valence-corrected chi connectivity index (χ4v) is 3.94. The third kappa shape index (κ3) is 3.30. The molecule has 1 aromatic carbocycles. The highest BCUT2D eigenvalue weighted by Gasteiger charge is 2.40. The quantitative estimate of drug-likeness (QED) is 0.737. The van der Waals surface area contributed by atoms with Gasteiger partial charge in [0.25, 0.3) is 0 Å². The van der Waals surface area contributed by atoms with Crippen molar-refractivity contribution in [1.29, 1.82) is 0 Å². The van der Waals surface area contributed by atoms with Crippen molar-refractivity contribution in [2.45, 2.75) is 57.1 Å². The SMILES string of the molecule is C[C@H]1CC(c2cc(-c3n[nH]c4ccc(OC5(C)CC5)cc34)ncn2)CCN1. The average Bonchev–Trinajstić information content (AvgIpc) is 3.25. The number of nitrogens with one attached hydrogen (secondary N) is 2. The van der Waals surface area contributed by atoms with Crippen molar-refractivity contribution in [2.75, 3.05) is 6.54 Å². The molecule has 0 radical (unpaired) electrons. The molecule has 1 aliphatic heterocycles. The van der Waals surface area contributed by atoms with Crippen LogP contribution in [-0.4, -0.2) is 38.4 Å². The van der Waals surface area contributed by atoms with Gasteiger partial charge in [-0.3, -0.25) is 5.10 Å². The fourth-order valence-electron chi connectivity index (χ4n) is 3.94. The first-order valence-corrected chi connectivity index (χ1v) is 9.82. The van der Waals surface area contributed by atoms with Crippen LogP contribution in [0.2, 0.25) is 0 Å². The van der Waals surface area contributed by atoms with E-state index in [2.05, 4.69) is 51.5 Å². The van der Waals surface area contributed by atoms with Crippen LogP contribution in [0.3, 0.4) is 0 Å². The molecule has 1 aliphatic carbocycles. The topological polar surface area (TPSA) is 75.7 Å². The molecule has 3 aromatic rings. The van der Waals surface area contributed by atoms with E-state index in [4.69, 9.17) is 4.74 Å². The smallest absolute Gasteiger partial charge is 0.120 e. The van der Waals surface area contributed by atoms with Gasteiger partial charge in [0, 0.05) is 23.0 Å². The van der Waals surface area contributed by atoms with Gasteiger partial charge in [-0.1, -0.05) is 0 Å². The molecule has 3 heterocycles. The summed E-state index contributed by atoms with van der Waals surface area (Å²) in [6.07, 6.45) is 6.12. The lowest BCUT2D eigenvalue weighted by Gasteiger charge is -2.27. The molecule has 2 fully saturated rings. The van der Waals surface area contributed by atoms with Gasteiger partial charge in [-0.2, -0.15) is 5.10 Å². The van der Waals surface area contributed by atoms with E-state index in [1.54, 1.807) is 6.33 Å². The predicted molar refractivity (Wildman–Crippen MR) is 105 cm³/mol. The van der Waals surface area contributed by atoms with E-state index in [9.17, 15) is 0 Å². The van der Waals surface area contributed by atoms with Crippen LogP contribution in [0.4, 0.5) is 0 Å². The van der Waals surface area contributed by atoms with Crippen molar-refractivity contribution >= 4 is 10.9 Å². The number of H-pyrrole nitrogens is 1. The van der Waals surface area contributed by atoms with Gasteiger partial charge in [-0.15, -0.1) is 0 Å². The molecule has 6 heteroatoms. The van der Waals surface area contributed by atoms with E-state index in [-0.39, 0.29) is 5.60 Å². The third-order valence-electron chi connectivity index (χ3n) is 5.83. The van der Waals surface area contributed by atoms with Gasteiger partial charge >= 0.3 is 0 Å². The Hall–Kier alpha value is -2.47. The molecular weight excluding hydrogens is 338 g/mol. The van der Waals surface area contributed by atoms with Crippen molar-refractivity contribution in [2.24, 2.45) is 0 Å². The molecule has 0 bridgehead atoms. The van der Waals surface area contributed by atoms with Crippen LogP contribution in [-0.2, 0) is 0 Å². The maximum atomic E-state index is 6.13. The number of piperidine rings is 1. The van der Waals surface area contributed by atoms with E-state index < -0.39 is 0 Å². The van der Waals surface area contributed by atoms with Crippen molar-refractivity contribution in [3.63, 3.8) is 0 Å². The molecule has 2 aliphatic rings. The van der Waals surface area contributed by atoms with Crippen LogP contribution in [0.25, 0.3) is 22.3 Å². The molecule has 0 amide bonds. The number of nitrogens with zero attached hydrogens (tertiary/aromatic N) is 3. The molecule has 0 spiro atoms. The summed E-state index contributed by atoms with van der Waals surface area (Å²) in [4.78, 5) is 9.07. The first kappa shape index (κ1) is 16.7. The van der Waals surface area contributed by atoms with Crippen molar-refractivity contribution in [1.82, 2.24) is 25.5 Å². The maximum Gasteiger partial charge on any atom is 0.120 e. The fraction of sp³-hybridized carbons (Fsp3) is 0.476. The maximum absolute atomic E-state index is 6.13. The van der Waals surface area contributed by atoms with Gasteiger partial charge in [0.1, 0.15) is 23.4 Å². The molecular formula is C21H25N5O. The van der Waals surface area contributed by atoms with Crippen LogP contribution in [0, 0.1) is 0 Å². The summed E-state index contributed by atoms with van der Waals surface area (Å²) in [6.45, 7) is 5.43. The summed E-state index contributed by atoms with van der Waals surface area (Å²) < 4.78 is 6.13. The molecule has 2 aromatic heterocycles. The Morgan fingerprint density at radius 3 is 2.89 bits per heavy atom. The molecule has 6 nitrogen and oxygen atoms in total. The van der Waals surface area contributed by atoms with E-state index >= 15 is 0 Å². The Labute approximate surface area is 158 Å². The van der Waals surface area contributed by atoms with E-state index in [0.29, 0.717) is 12.0 Å². The summed E-state index contributed by atoms with van der Waals surface area (Å²) in [5.74, 6) is 1.37. The minimum Gasteiger partial charge on any atom is -0.488 e. The van der Waals surface area contributed by atoms with Crippen molar-refractivity contribution in [3.05, 3.63) is 36.3 Å². The number of benzene rings is 1. The zero-order valence-electron chi connectivity index (χ0n) is 15.8. The Balaban J connectivity index is 1.49. The van der Waals surface area contributed by atoms with Gasteiger partial charge in [0.15, 0.2) is 0 Å². The molecule has 1 saturated carbocycles. The number of aromatic amines is 1. The van der Waals surface area contributed by atoms with E-state index in [1.807, 2.05) is 12.1 Å². The van der Waals surface area contributed by atoms with Crippen LogP contribution < -0.4 is 10.1 Å². The number of hydrogen-bond donors (Lipinski definition) is 2. The molecule has 27 heavy (non-hydrogen) atoms. The highest BCUT2D eigenvalue weighted by atomic mass is 16.5. The summed E-state index contributed by atoms with van der Waals surface area (Å²) in [6, 6.07) is 8.75. The Kier molecular flexibility index (Phi) is 3.90. The predicted octanol–water partition coefficient (Wildman–Crippen LogP) is 3.81. The van der Waals surface area contributed by atoms with Gasteiger partial charge in [-0.25, -0.2) is 9.97 Å². The second kappa shape index (κ2) is 6.30. The first-order chi connectivity index (χ1) is 13.1. The van der Waals surface area contributed by atoms with Crippen LogP contribution >= 0.6 is 0 Å². The summed E-state index contributed by atoms with van der Waals surface area (Å²) >= 11 is 0. The molecule has 2 atom stereocenters. The van der Waals surface area contributed by atoms with Gasteiger partial charge in [0.05, 0.1) is 11.2 Å². The molecule has 5 rings (SSSR count). The van der Waals surface area contributed by atoms with E-state index in [1.165, 1.54) is 0 Å². The van der Waals surface area contributed by atoms with Crippen LogP contribution in [0.1, 0.15) is 51.1 Å². The monoisotopic (exact) mass is 363 g/mol. The average molecular weight is 363 g/mol. The lowest BCUT2D eigenvalue weighted by molar-refractivity contribution is 0.200. The molecule has 2 N–H and O–H groups in total. The first-order valence-electron chi connectivity index (χ1n) is 9.82.